The number of azide groups is 1. The van der Waals surface area contributed by atoms with Crippen molar-refractivity contribution in [3.8, 4) is 0 Å². The van der Waals surface area contributed by atoms with E-state index in [1.165, 1.54) is 0 Å². The quantitative estimate of drug-likeness (QED) is 0.0312. The molecule has 4 unspecified atom stereocenters. The number of carbonyl (C=O) groups is 1. The Bertz CT molecular complexity index is 672. The number of hydrogen-bond donors (Lipinski definition) is 3. The van der Waals surface area contributed by atoms with Crippen molar-refractivity contribution >= 4 is 28.6 Å². The van der Waals surface area contributed by atoms with E-state index in [-0.39, 0.29) is 6.61 Å². The molecule has 1 heterocycles. The summed E-state index contributed by atoms with van der Waals surface area (Å²) in [7, 11) is 1.15. The number of unbranched alkanes of at least 4 members (excludes halogenated alkanes) is 2. The van der Waals surface area contributed by atoms with Crippen LogP contribution in [0.25, 0.3) is 10.4 Å². The van der Waals surface area contributed by atoms with Gasteiger partial charge in [-0.25, -0.2) is 4.79 Å². The Morgan fingerprint density at radius 3 is 2.50 bits per heavy atom. The van der Waals surface area contributed by atoms with Gasteiger partial charge < -0.3 is 43.7 Å². The predicted octanol–water partition coefficient (Wildman–Crippen LogP) is 1.83. The second-order valence-electron chi connectivity index (χ2n) is 8.34. The Labute approximate surface area is 225 Å². The summed E-state index contributed by atoms with van der Waals surface area (Å²) in [6, 6.07) is -1.13. The number of aliphatic hydroxyl groups is 3. The number of esters is 1. The maximum atomic E-state index is 12.4. The van der Waals surface area contributed by atoms with Crippen molar-refractivity contribution in [3.63, 3.8) is 0 Å². The minimum atomic E-state index is -1.52. The van der Waals surface area contributed by atoms with Crippen molar-refractivity contribution in [2.45, 2.75) is 99.5 Å². The fourth-order valence-corrected chi connectivity index (χ4v) is 4.24. The van der Waals surface area contributed by atoms with Crippen LogP contribution in [0.4, 0.5) is 0 Å². The number of aliphatic hydroxyl groups excluding tert-OH is 3. The Morgan fingerprint density at radius 2 is 1.92 bits per heavy atom. The summed E-state index contributed by atoms with van der Waals surface area (Å²) in [5.41, 5.74) is 9.03. The van der Waals surface area contributed by atoms with Crippen LogP contribution in [0.3, 0.4) is 0 Å². The SMILES string of the molecule is CCCCOC1C(N=[N+]=[N-])[C@@H](O)OC[C@H](I)[C@H]1OC(CO)OC(C(=O)OC)[C@H](O)[C@H](C)OCCCC. The molecule has 14 heteroatoms. The molecule has 210 valence electrons. The zero-order valence-electron chi connectivity index (χ0n) is 21.3. The van der Waals surface area contributed by atoms with Gasteiger partial charge in [0.25, 0.3) is 0 Å². The molecule has 1 fully saturated rings. The van der Waals surface area contributed by atoms with E-state index in [4.69, 9.17) is 34.0 Å². The van der Waals surface area contributed by atoms with Gasteiger partial charge in [0.05, 0.1) is 36.5 Å². The van der Waals surface area contributed by atoms with Crippen LogP contribution in [0.15, 0.2) is 5.11 Å². The van der Waals surface area contributed by atoms with E-state index in [2.05, 4.69) is 10.0 Å². The zero-order valence-corrected chi connectivity index (χ0v) is 23.4. The molecule has 9 atom stereocenters. The molecule has 0 aromatic heterocycles. The maximum absolute atomic E-state index is 12.4. The fraction of sp³-hybridized carbons (Fsp3) is 0.955. The summed E-state index contributed by atoms with van der Waals surface area (Å²) >= 11 is 2.04. The Hall–Kier alpha value is -0.810. The molecule has 36 heavy (non-hydrogen) atoms. The largest absolute Gasteiger partial charge is 0.467 e. The van der Waals surface area contributed by atoms with Crippen molar-refractivity contribution in [2.75, 3.05) is 33.5 Å². The monoisotopic (exact) mass is 633 g/mol. The van der Waals surface area contributed by atoms with Gasteiger partial charge >= 0.3 is 5.97 Å². The van der Waals surface area contributed by atoms with Crippen LogP contribution in [0.1, 0.15) is 46.5 Å². The molecule has 1 aliphatic rings. The van der Waals surface area contributed by atoms with Crippen LogP contribution >= 0.6 is 22.6 Å². The van der Waals surface area contributed by atoms with Crippen LogP contribution in [-0.4, -0.2) is 108 Å². The highest BCUT2D eigenvalue weighted by molar-refractivity contribution is 14.1. The van der Waals surface area contributed by atoms with E-state index in [0.717, 1.165) is 26.4 Å². The Morgan fingerprint density at radius 1 is 1.25 bits per heavy atom. The second-order valence-corrected chi connectivity index (χ2v) is 9.94. The highest BCUT2D eigenvalue weighted by atomic mass is 127. The van der Waals surface area contributed by atoms with Gasteiger partial charge in [-0.1, -0.05) is 54.4 Å². The lowest BCUT2D eigenvalue weighted by Crippen LogP contribution is -2.51. The number of alkyl halides is 1. The third-order valence-electron chi connectivity index (χ3n) is 5.59. The predicted molar refractivity (Wildman–Crippen MR) is 136 cm³/mol. The van der Waals surface area contributed by atoms with Gasteiger partial charge in [0.2, 0.25) is 0 Å². The highest BCUT2D eigenvalue weighted by Gasteiger charge is 2.45. The number of nitrogens with zero attached hydrogens (tertiary/aromatic N) is 3. The van der Waals surface area contributed by atoms with Gasteiger partial charge in [0.1, 0.15) is 18.2 Å². The number of rotatable bonds is 17. The Balaban J connectivity index is 3.13. The molecule has 1 saturated heterocycles. The summed E-state index contributed by atoms with van der Waals surface area (Å²) in [4.78, 5) is 15.2. The molecule has 1 rings (SSSR count). The van der Waals surface area contributed by atoms with Crippen LogP contribution in [-0.2, 0) is 33.2 Å². The topological polar surface area (TPSA) is 182 Å². The minimum absolute atomic E-state index is 0.0288. The van der Waals surface area contributed by atoms with E-state index in [9.17, 15) is 20.1 Å². The summed E-state index contributed by atoms with van der Waals surface area (Å²) in [5, 5.41) is 34.8. The van der Waals surface area contributed by atoms with Crippen LogP contribution < -0.4 is 0 Å². The molecule has 0 spiro atoms. The summed E-state index contributed by atoms with van der Waals surface area (Å²) < 4.78 is 33.0. The van der Waals surface area contributed by atoms with E-state index in [1.54, 1.807) is 6.92 Å². The molecule has 1 aliphatic heterocycles. The van der Waals surface area contributed by atoms with Crippen LogP contribution in [0.5, 0.6) is 0 Å². The van der Waals surface area contributed by atoms with E-state index >= 15 is 0 Å². The Kier molecular flexibility index (Phi) is 17.0. The third kappa shape index (κ3) is 10.5. The van der Waals surface area contributed by atoms with Crippen molar-refractivity contribution in [2.24, 2.45) is 5.11 Å². The second kappa shape index (κ2) is 18.4. The first-order valence-electron chi connectivity index (χ1n) is 12.1. The lowest BCUT2D eigenvalue weighted by molar-refractivity contribution is -0.250. The highest BCUT2D eigenvalue weighted by Crippen LogP contribution is 2.29. The summed E-state index contributed by atoms with van der Waals surface area (Å²) in [6.45, 7) is 5.62. The maximum Gasteiger partial charge on any atom is 0.337 e. The third-order valence-corrected chi connectivity index (χ3v) is 6.66. The van der Waals surface area contributed by atoms with E-state index in [1.807, 2.05) is 36.4 Å². The van der Waals surface area contributed by atoms with Crippen molar-refractivity contribution in [1.82, 2.24) is 0 Å². The van der Waals surface area contributed by atoms with Gasteiger partial charge in [0, 0.05) is 18.1 Å². The van der Waals surface area contributed by atoms with Gasteiger partial charge in [-0.15, -0.1) is 0 Å². The standard InChI is InChI=1S/C22H40IN3O10/c1-5-7-9-32-13(3)17(28)20(22(30)31-4)36-15(11-27)35-18-14(23)12-34-21(29)16(25-26-24)19(18)33-10-8-6-2/h13-21,27-29H,5-12H2,1-4H3/t13-,14-,15?,16?,17+,18+,19?,20?,21-/m0/s1. The minimum Gasteiger partial charge on any atom is -0.467 e. The number of halogens is 1. The van der Waals surface area contributed by atoms with Crippen LogP contribution in [0.2, 0.25) is 0 Å². The molecule has 0 radical (unpaired) electrons. The fourth-order valence-electron chi connectivity index (χ4n) is 3.46. The van der Waals surface area contributed by atoms with E-state index < -0.39 is 65.6 Å². The molecule has 0 bridgehead atoms. The zero-order chi connectivity index (χ0) is 27.1. The summed E-state index contributed by atoms with van der Waals surface area (Å²) in [6.07, 6.45) is -5.10. The first kappa shape index (κ1) is 33.2. The molecule has 13 nitrogen and oxygen atoms in total. The first-order valence-corrected chi connectivity index (χ1v) is 13.4. The lowest BCUT2D eigenvalue weighted by atomic mass is 10.0. The van der Waals surface area contributed by atoms with Gasteiger partial charge in [0.15, 0.2) is 18.7 Å². The summed E-state index contributed by atoms with van der Waals surface area (Å²) in [5.74, 6) is -0.871. The normalized spacial score (nSPS) is 27.8. The number of methoxy groups -OCH3 is 1. The van der Waals surface area contributed by atoms with Crippen molar-refractivity contribution in [3.05, 3.63) is 10.4 Å². The molecule has 0 aliphatic carbocycles. The number of carbonyl (C=O) groups excluding carboxylic acids is 1. The molecule has 0 aromatic rings. The molecule has 0 aromatic carbocycles. The van der Waals surface area contributed by atoms with E-state index in [0.29, 0.717) is 19.6 Å². The van der Waals surface area contributed by atoms with Gasteiger partial charge in [-0.05, 0) is 25.3 Å². The average Bonchev–Trinajstić information content (AvgIpc) is 2.98. The first-order chi connectivity index (χ1) is 17.2. The smallest absolute Gasteiger partial charge is 0.337 e. The molecular weight excluding hydrogens is 593 g/mol. The number of ether oxygens (including phenoxy) is 6. The molecular formula is C22H40IN3O10. The van der Waals surface area contributed by atoms with Gasteiger partial charge in [-0.2, -0.15) is 0 Å². The van der Waals surface area contributed by atoms with Gasteiger partial charge in [-0.3, -0.25) is 0 Å². The average molecular weight is 633 g/mol. The number of hydrogen-bond acceptors (Lipinski definition) is 11. The molecule has 0 saturated carbocycles. The van der Waals surface area contributed by atoms with Crippen molar-refractivity contribution in [1.29, 1.82) is 0 Å². The van der Waals surface area contributed by atoms with Crippen LogP contribution in [0, 0.1) is 0 Å². The van der Waals surface area contributed by atoms with Crippen molar-refractivity contribution < 1.29 is 48.5 Å². The molecule has 3 N–H and O–H groups in total. The molecule has 0 amide bonds. The lowest BCUT2D eigenvalue weighted by Gasteiger charge is -2.35.